The Bertz CT molecular complexity index is 2710. The molecule has 16 heteroatoms. The zero-order valence-corrected chi connectivity index (χ0v) is 29.7. The quantitative estimate of drug-likeness (QED) is 0.0986. The summed E-state index contributed by atoms with van der Waals surface area (Å²) in [5, 5.41) is 16.9. The molecule has 6 aromatic heterocycles. The summed E-state index contributed by atoms with van der Waals surface area (Å²) in [6.45, 7) is 5.26. The summed E-state index contributed by atoms with van der Waals surface area (Å²) in [5.74, 6) is -0.871. The Morgan fingerprint density at radius 3 is 1.80 bits per heavy atom. The second-order valence-electron chi connectivity index (χ2n) is 12.3. The van der Waals surface area contributed by atoms with Gasteiger partial charge in [-0.05, 0) is 42.8 Å². The smallest absolute Gasteiger partial charge is 0.304 e. The van der Waals surface area contributed by atoms with Crippen LogP contribution in [0.1, 0.15) is 49.7 Å². The van der Waals surface area contributed by atoms with Gasteiger partial charge in [-0.25, -0.2) is 0 Å². The van der Waals surface area contributed by atoms with E-state index < -0.39 is 16.0 Å². The Labute approximate surface area is 298 Å². The predicted molar refractivity (Wildman–Crippen MR) is 194 cm³/mol. The summed E-state index contributed by atoms with van der Waals surface area (Å²) in [4.78, 5) is 26.7. The molecule has 0 aliphatic rings. The van der Waals surface area contributed by atoms with Crippen molar-refractivity contribution in [2.24, 2.45) is 0 Å². The number of benzene rings is 2. The number of carbonyl (C=O) groups is 2. The van der Waals surface area contributed by atoms with E-state index in [0.717, 1.165) is 43.8 Å². The Morgan fingerprint density at radius 2 is 1.27 bits per heavy atom. The summed E-state index contributed by atoms with van der Waals surface area (Å²) >= 11 is 2.38. The van der Waals surface area contributed by atoms with Gasteiger partial charge in [0.2, 0.25) is 0 Å². The van der Waals surface area contributed by atoms with E-state index in [4.69, 9.17) is 8.83 Å². The number of nitrogens with one attached hydrogen (secondary N) is 2. The molecule has 0 aliphatic heterocycles. The van der Waals surface area contributed by atoms with Crippen LogP contribution in [-0.4, -0.2) is 57.4 Å². The van der Waals surface area contributed by atoms with Crippen LogP contribution in [0.25, 0.3) is 42.8 Å². The molecule has 0 spiro atoms. The number of rotatable bonds is 11. The Balaban J connectivity index is 0.965. The van der Waals surface area contributed by atoms with Crippen LogP contribution < -0.4 is 10.6 Å². The molecule has 8 rings (SSSR count). The lowest BCUT2D eigenvalue weighted by Crippen LogP contribution is -2.30. The average molecular weight is 743 g/mol. The number of furan rings is 2. The third-order valence-corrected chi connectivity index (χ3v) is 11.8. The van der Waals surface area contributed by atoms with Crippen LogP contribution in [0.5, 0.6) is 0 Å². The fourth-order valence-electron chi connectivity index (χ4n) is 5.93. The molecule has 0 bridgehead atoms. The Hall–Kier alpha value is -5.29. The summed E-state index contributed by atoms with van der Waals surface area (Å²) in [6.07, 6.45) is 0.413. The molecule has 0 saturated carbocycles. The molecule has 0 atom stereocenters. The van der Waals surface area contributed by atoms with Gasteiger partial charge in [0.25, 0.3) is 11.8 Å². The van der Waals surface area contributed by atoms with Gasteiger partial charge in [0.1, 0.15) is 26.9 Å². The third-order valence-electron chi connectivity index (χ3n) is 8.49. The van der Waals surface area contributed by atoms with E-state index in [1.54, 1.807) is 9.36 Å². The second kappa shape index (κ2) is 12.8. The van der Waals surface area contributed by atoms with Crippen LogP contribution >= 0.6 is 22.7 Å². The molecule has 0 saturated heterocycles. The van der Waals surface area contributed by atoms with E-state index in [-0.39, 0.29) is 45.8 Å². The van der Waals surface area contributed by atoms with E-state index in [1.165, 1.54) is 17.4 Å². The lowest BCUT2D eigenvalue weighted by atomic mass is 10.1. The molecule has 0 radical (unpaired) electrons. The van der Waals surface area contributed by atoms with Crippen LogP contribution in [0.3, 0.4) is 0 Å². The first-order chi connectivity index (χ1) is 24.5. The first kappa shape index (κ1) is 32.9. The number of hydrogen-bond donors (Lipinski definition) is 3. The molecule has 8 aromatic rings. The number of carbonyl (C=O) groups excluding carboxylic acids is 2. The molecule has 2 aromatic carbocycles. The fraction of sp³-hybridized carbons (Fsp3) is 0.200. The van der Waals surface area contributed by atoms with Crippen molar-refractivity contribution in [3.05, 3.63) is 99.7 Å². The summed E-state index contributed by atoms with van der Waals surface area (Å²) in [7, 11) is -4.45. The number of nitrogens with zero attached hydrogens (tertiary/aromatic N) is 4. The highest BCUT2D eigenvalue weighted by molar-refractivity contribution is 7.88. The number of thiophene rings is 2. The number of amides is 2. The lowest BCUT2D eigenvalue weighted by Gasteiger charge is -2.06. The van der Waals surface area contributed by atoms with Gasteiger partial charge in [-0.2, -0.15) is 18.6 Å². The molecular formula is C35H30N6O7S3. The Morgan fingerprint density at radius 1 is 0.765 bits per heavy atom. The minimum atomic E-state index is -4.45. The third kappa shape index (κ3) is 6.20. The lowest BCUT2D eigenvalue weighted by molar-refractivity contribution is 0.0946. The fourth-order valence-corrected chi connectivity index (χ4v) is 8.59. The molecule has 3 N–H and O–H groups in total. The largest absolute Gasteiger partial charge is 0.451 e. The van der Waals surface area contributed by atoms with Gasteiger partial charge in [-0.1, -0.05) is 59.7 Å². The summed E-state index contributed by atoms with van der Waals surface area (Å²) in [5.41, 5.74) is 7.24. The zero-order valence-electron chi connectivity index (χ0n) is 27.3. The number of aromatic nitrogens is 4. The van der Waals surface area contributed by atoms with E-state index in [0.29, 0.717) is 40.9 Å². The predicted octanol–water partition coefficient (Wildman–Crippen LogP) is 6.51. The number of fused-ring (bicyclic) bond motifs is 6. The van der Waals surface area contributed by atoms with Gasteiger partial charge >= 0.3 is 10.1 Å². The van der Waals surface area contributed by atoms with Crippen molar-refractivity contribution in [2.45, 2.75) is 37.6 Å². The highest BCUT2D eigenvalue weighted by atomic mass is 32.3. The van der Waals surface area contributed by atoms with Crippen molar-refractivity contribution in [2.75, 3.05) is 13.1 Å². The summed E-state index contributed by atoms with van der Waals surface area (Å²) in [6, 6.07) is 19.1. The van der Waals surface area contributed by atoms with Crippen molar-refractivity contribution in [3.63, 3.8) is 0 Å². The topological polar surface area (TPSA) is 174 Å². The molecule has 260 valence electrons. The van der Waals surface area contributed by atoms with Crippen LogP contribution in [0.15, 0.2) is 79.1 Å². The first-order valence-corrected chi connectivity index (χ1v) is 19.1. The van der Waals surface area contributed by atoms with Crippen molar-refractivity contribution >= 4 is 87.4 Å². The normalized spacial score (nSPS) is 12.1. The molecule has 13 nitrogen and oxygen atoms in total. The van der Waals surface area contributed by atoms with Crippen LogP contribution in [-0.2, 0) is 23.2 Å². The van der Waals surface area contributed by atoms with Crippen LogP contribution in [0.2, 0.25) is 0 Å². The molecule has 6 heterocycles. The van der Waals surface area contributed by atoms with Crippen LogP contribution in [0.4, 0.5) is 0 Å². The van der Waals surface area contributed by atoms with Crippen LogP contribution in [0, 0.1) is 13.8 Å². The maximum absolute atomic E-state index is 13.4. The van der Waals surface area contributed by atoms with E-state index in [9.17, 15) is 22.6 Å². The minimum absolute atomic E-state index is 0.0391. The van der Waals surface area contributed by atoms with E-state index >= 15 is 0 Å². The van der Waals surface area contributed by atoms with Gasteiger partial charge in [0.05, 0.1) is 17.8 Å². The van der Waals surface area contributed by atoms with Crippen molar-refractivity contribution in [1.82, 2.24) is 30.2 Å². The first-order valence-electron chi connectivity index (χ1n) is 16.0. The standard InChI is InChI=1S/C35H30N6O7S3/c1-19-4-8-21(9-5-19)17-40-28-30(47-23-12-15-49-32(23)28)26(38-40)34(42)36-13-3-14-37-35(43)27-31-29(33-24(48-31)16-25(50-33)51(44,45)46)41(39-27)18-22-10-6-20(2)7-11-22/h4-12,15-16H,3,13-14,17-18H2,1-2H3,(H,36,42)(H,37,43)(H,44,45,46). The van der Waals surface area contributed by atoms with Crippen molar-refractivity contribution in [1.29, 1.82) is 0 Å². The highest BCUT2D eigenvalue weighted by Gasteiger charge is 2.28. The maximum atomic E-state index is 13.4. The van der Waals surface area contributed by atoms with Crippen molar-refractivity contribution < 1.29 is 31.4 Å². The van der Waals surface area contributed by atoms with Gasteiger partial charge in [-0.3, -0.25) is 23.5 Å². The molecule has 51 heavy (non-hydrogen) atoms. The number of hydrogen-bond acceptors (Lipinski definition) is 10. The molecule has 2 amide bonds. The minimum Gasteiger partial charge on any atom is -0.451 e. The Kier molecular flexibility index (Phi) is 8.25. The molecule has 0 unspecified atom stereocenters. The number of aryl methyl sites for hydroxylation is 2. The average Bonchev–Trinajstić information content (AvgIpc) is 3.92. The van der Waals surface area contributed by atoms with Gasteiger partial charge in [-0.15, -0.1) is 22.7 Å². The summed E-state index contributed by atoms with van der Waals surface area (Å²) < 4.78 is 49.7. The highest BCUT2D eigenvalue weighted by Crippen LogP contribution is 2.39. The van der Waals surface area contributed by atoms with E-state index in [1.807, 2.05) is 73.8 Å². The van der Waals surface area contributed by atoms with Gasteiger partial charge in [0, 0.05) is 19.2 Å². The molecule has 0 aliphatic carbocycles. The second-order valence-corrected chi connectivity index (χ2v) is 15.9. The van der Waals surface area contributed by atoms with Crippen molar-refractivity contribution in [3.8, 4) is 0 Å². The maximum Gasteiger partial charge on any atom is 0.304 e. The molecular weight excluding hydrogens is 713 g/mol. The SMILES string of the molecule is Cc1ccc(Cn2nc(C(=O)NCCCNC(=O)c3nn(Cc4ccc(C)cc4)c4c3oc3cc(S(=O)(=O)O)sc34)c3oc4ccsc4c32)cc1. The zero-order chi connectivity index (χ0) is 35.4. The van der Waals surface area contributed by atoms with E-state index in [2.05, 4.69) is 20.8 Å². The van der Waals surface area contributed by atoms with Gasteiger partial charge < -0.3 is 19.5 Å². The monoisotopic (exact) mass is 742 g/mol. The van der Waals surface area contributed by atoms with Gasteiger partial charge in [0.15, 0.2) is 26.8 Å². The molecule has 0 fully saturated rings.